The third kappa shape index (κ3) is 3.57. The summed E-state index contributed by atoms with van der Waals surface area (Å²) in [6.45, 7) is 7.83. The molecule has 0 spiro atoms. The molecule has 0 aliphatic carbocycles. The van der Waals surface area contributed by atoms with E-state index in [1.807, 2.05) is 24.3 Å². The number of anilines is 1. The highest BCUT2D eigenvalue weighted by molar-refractivity contribution is 5.99. The molecular formula is C15H24N2O. The van der Waals surface area contributed by atoms with Crippen molar-refractivity contribution in [2.75, 3.05) is 32.1 Å². The van der Waals surface area contributed by atoms with E-state index in [2.05, 4.69) is 37.7 Å². The van der Waals surface area contributed by atoms with Crippen LogP contribution in [0.2, 0.25) is 0 Å². The van der Waals surface area contributed by atoms with Gasteiger partial charge in [-0.25, -0.2) is 0 Å². The molecule has 0 N–H and O–H groups in total. The molecule has 18 heavy (non-hydrogen) atoms. The number of nitrogens with zero attached hydrogens (tertiary/aromatic N) is 2. The van der Waals surface area contributed by atoms with Gasteiger partial charge in [0, 0.05) is 30.4 Å². The van der Waals surface area contributed by atoms with Gasteiger partial charge in [-0.1, -0.05) is 12.1 Å². The molecule has 100 valence electrons. The van der Waals surface area contributed by atoms with Gasteiger partial charge in [0.15, 0.2) is 5.78 Å². The second-order valence-corrected chi connectivity index (χ2v) is 4.97. The first-order chi connectivity index (χ1) is 8.47. The Morgan fingerprint density at radius 3 is 2.39 bits per heavy atom. The lowest BCUT2D eigenvalue weighted by Crippen LogP contribution is -2.40. The first kappa shape index (κ1) is 14.7. The number of carbonyl (C=O) groups is 1. The van der Waals surface area contributed by atoms with Crippen LogP contribution in [-0.4, -0.2) is 43.9 Å². The molecule has 1 rings (SSSR count). The van der Waals surface area contributed by atoms with Crippen LogP contribution in [-0.2, 0) is 0 Å². The number of carbonyl (C=O) groups excluding carboxylic acids is 1. The summed E-state index contributed by atoms with van der Waals surface area (Å²) in [4.78, 5) is 16.2. The van der Waals surface area contributed by atoms with Crippen LogP contribution in [0.3, 0.4) is 0 Å². The third-order valence-electron chi connectivity index (χ3n) is 3.09. The lowest BCUT2D eigenvalue weighted by atomic mass is 10.1. The van der Waals surface area contributed by atoms with E-state index >= 15 is 0 Å². The fourth-order valence-electron chi connectivity index (χ4n) is 2.37. The molecule has 1 unspecified atom stereocenters. The van der Waals surface area contributed by atoms with Crippen LogP contribution in [0.5, 0.6) is 0 Å². The summed E-state index contributed by atoms with van der Waals surface area (Å²) in [5, 5.41) is 0. The molecule has 1 aromatic rings. The highest BCUT2D eigenvalue weighted by atomic mass is 16.1. The maximum absolute atomic E-state index is 11.7. The SMILES string of the molecule is CCN(c1ccccc1C(C)=O)C(C)CN(C)C. The van der Waals surface area contributed by atoms with Crippen LogP contribution in [0.15, 0.2) is 24.3 Å². The van der Waals surface area contributed by atoms with Crippen molar-refractivity contribution in [1.29, 1.82) is 0 Å². The predicted octanol–water partition coefficient (Wildman–Crippen LogP) is 2.67. The molecule has 0 amide bonds. The largest absolute Gasteiger partial charge is 0.367 e. The van der Waals surface area contributed by atoms with Crippen LogP contribution >= 0.6 is 0 Å². The van der Waals surface area contributed by atoms with Crippen molar-refractivity contribution in [2.24, 2.45) is 0 Å². The summed E-state index contributed by atoms with van der Waals surface area (Å²) in [6, 6.07) is 8.23. The number of para-hydroxylation sites is 1. The molecule has 3 nitrogen and oxygen atoms in total. The van der Waals surface area contributed by atoms with Crippen molar-refractivity contribution in [1.82, 2.24) is 4.90 Å². The zero-order valence-electron chi connectivity index (χ0n) is 12.1. The number of ketones is 1. The molecule has 0 aliphatic heterocycles. The molecular weight excluding hydrogens is 224 g/mol. The molecule has 3 heteroatoms. The average molecular weight is 248 g/mol. The van der Waals surface area contributed by atoms with E-state index in [0.29, 0.717) is 6.04 Å². The van der Waals surface area contributed by atoms with E-state index in [1.54, 1.807) is 6.92 Å². The molecule has 1 aromatic carbocycles. The first-order valence-electron chi connectivity index (χ1n) is 6.48. The van der Waals surface area contributed by atoms with E-state index in [0.717, 1.165) is 24.3 Å². The number of rotatable bonds is 6. The van der Waals surface area contributed by atoms with E-state index < -0.39 is 0 Å². The van der Waals surface area contributed by atoms with Crippen LogP contribution < -0.4 is 4.90 Å². The van der Waals surface area contributed by atoms with Crippen molar-refractivity contribution < 1.29 is 4.79 Å². The molecule has 1 atom stereocenters. The molecule has 0 heterocycles. The van der Waals surface area contributed by atoms with Crippen LogP contribution in [0, 0.1) is 0 Å². The standard InChI is InChI=1S/C15H24N2O/c1-6-17(12(2)11-16(4)5)15-10-8-7-9-14(15)13(3)18/h7-10,12H,6,11H2,1-5H3. The van der Waals surface area contributed by atoms with Crippen molar-refractivity contribution in [3.05, 3.63) is 29.8 Å². The smallest absolute Gasteiger partial charge is 0.161 e. The molecule has 0 aromatic heterocycles. The lowest BCUT2D eigenvalue weighted by Gasteiger charge is -2.33. The Morgan fingerprint density at radius 1 is 1.28 bits per heavy atom. The number of likely N-dealkylation sites (N-methyl/N-ethyl adjacent to an activating group) is 2. The quantitative estimate of drug-likeness (QED) is 0.723. The third-order valence-corrected chi connectivity index (χ3v) is 3.09. The van der Waals surface area contributed by atoms with E-state index in [-0.39, 0.29) is 5.78 Å². The second-order valence-electron chi connectivity index (χ2n) is 4.97. The van der Waals surface area contributed by atoms with E-state index in [9.17, 15) is 4.79 Å². The Bertz CT molecular complexity index is 401. The minimum atomic E-state index is 0.126. The normalized spacial score (nSPS) is 12.6. The maximum atomic E-state index is 11.7. The summed E-state index contributed by atoms with van der Waals surface area (Å²) in [5.74, 6) is 0.126. The Kier molecular flexibility index (Phi) is 5.35. The van der Waals surface area contributed by atoms with Crippen molar-refractivity contribution in [2.45, 2.75) is 26.8 Å². The Hall–Kier alpha value is -1.35. The Labute approximate surface area is 110 Å². The highest BCUT2D eigenvalue weighted by Gasteiger charge is 2.17. The molecule has 0 bridgehead atoms. The van der Waals surface area contributed by atoms with Crippen molar-refractivity contribution in [3.63, 3.8) is 0 Å². The molecule has 0 aliphatic rings. The van der Waals surface area contributed by atoms with Crippen molar-refractivity contribution >= 4 is 11.5 Å². The first-order valence-corrected chi connectivity index (χ1v) is 6.48. The van der Waals surface area contributed by atoms with Crippen LogP contribution in [0.25, 0.3) is 0 Å². The van der Waals surface area contributed by atoms with Gasteiger partial charge in [0.1, 0.15) is 0 Å². The van der Waals surface area contributed by atoms with Gasteiger partial charge in [0.25, 0.3) is 0 Å². The van der Waals surface area contributed by atoms with Gasteiger partial charge in [0.05, 0.1) is 0 Å². The number of hydrogen-bond donors (Lipinski definition) is 0. The maximum Gasteiger partial charge on any atom is 0.161 e. The topological polar surface area (TPSA) is 23.6 Å². The number of benzene rings is 1. The van der Waals surface area contributed by atoms with E-state index in [1.165, 1.54) is 0 Å². The van der Waals surface area contributed by atoms with Gasteiger partial charge in [-0.2, -0.15) is 0 Å². The summed E-state index contributed by atoms with van der Waals surface area (Å²) in [5.41, 5.74) is 1.85. The zero-order chi connectivity index (χ0) is 13.7. The van der Waals surface area contributed by atoms with Gasteiger partial charge >= 0.3 is 0 Å². The van der Waals surface area contributed by atoms with Crippen LogP contribution in [0.1, 0.15) is 31.1 Å². The minimum Gasteiger partial charge on any atom is -0.367 e. The number of Topliss-reactive ketones (excluding diaryl/α,β-unsaturated/α-hetero) is 1. The summed E-state index contributed by atoms with van der Waals surface area (Å²) < 4.78 is 0. The van der Waals surface area contributed by atoms with E-state index in [4.69, 9.17) is 0 Å². The molecule has 0 fully saturated rings. The Morgan fingerprint density at radius 2 is 1.89 bits per heavy atom. The molecule has 0 radical (unpaired) electrons. The van der Waals surface area contributed by atoms with Crippen LogP contribution in [0.4, 0.5) is 5.69 Å². The van der Waals surface area contributed by atoms with Gasteiger partial charge < -0.3 is 9.80 Å². The van der Waals surface area contributed by atoms with Gasteiger partial charge in [-0.05, 0) is 47.0 Å². The summed E-state index contributed by atoms with van der Waals surface area (Å²) in [7, 11) is 4.14. The Balaban J connectivity index is 3.05. The summed E-state index contributed by atoms with van der Waals surface area (Å²) in [6.07, 6.45) is 0. The summed E-state index contributed by atoms with van der Waals surface area (Å²) >= 11 is 0. The average Bonchev–Trinajstić information content (AvgIpc) is 2.29. The monoisotopic (exact) mass is 248 g/mol. The number of hydrogen-bond acceptors (Lipinski definition) is 3. The second kappa shape index (κ2) is 6.55. The van der Waals surface area contributed by atoms with Gasteiger partial charge in [-0.15, -0.1) is 0 Å². The molecule has 0 saturated heterocycles. The minimum absolute atomic E-state index is 0.126. The highest BCUT2D eigenvalue weighted by Crippen LogP contribution is 2.23. The molecule has 0 saturated carbocycles. The lowest BCUT2D eigenvalue weighted by molar-refractivity contribution is 0.101. The zero-order valence-corrected chi connectivity index (χ0v) is 12.1. The fourth-order valence-corrected chi connectivity index (χ4v) is 2.37. The predicted molar refractivity (Wildman–Crippen MR) is 77.5 cm³/mol. The van der Waals surface area contributed by atoms with Gasteiger partial charge in [-0.3, -0.25) is 4.79 Å². The van der Waals surface area contributed by atoms with Gasteiger partial charge in [0.2, 0.25) is 0 Å². The fraction of sp³-hybridized carbons (Fsp3) is 0.533. The van der Waals surface area contributed by atoms with Crippen molar-refractivity contribution in [3.8, 4) is 0 Å².